The summed E-state index contributed by atoms with van der Waals surface area (Å²) in [6.45, 7) is 1.49. The Labute approximate surface area is 66.5 Å². The minimum absolute atomic E-state index is 0.206. The summed E-state index contributed by atoms with van der Waals surface area (Å²) >= 11 is 0. The van der Waals surface area contributed by atoms with Gasteiger partial charge in [0, 0.05) is 12.6 Å². The van der Waals surface area contributed by atoms with Gasteiger partial charge in [-0.2, -0.15) is 0 Å². The van der Waals surface area contributed by atoms with Crippen molar-refractivity contribution in [1.29, 1.82) is 0 Å². The summed E-state index contributed by atoms with van der Waals surface area (Å²) in [5.74, 6) is 0.650. The van der Waals surface area contributed by atoms with Crippen LogP contribution in [-0.4, -0.2) is 34.7 Å². The van der Waals surface area contributed by atoms with Crippen molar-refractivity contribution in [3.63, 3.8) is 0 Å². The number of fused-ring (bicyclic) bond motifs is 1. The molecule has 2 fully saturated rings. The molecular weight excluding hydrogens is 138 g/mol. The van der Waals surface area contributed by atoms with Crippen molar-refractivity contribution in [3.8, 4) is 0 Å². The monoisotopic (exact) mass is 151 g/mol. The Morgan fingerprint density at radius 3 is 2.82 bits per heavy atom. The van der Waals surface area contributed by atoms with Gasteiger partial charge in [0.1, 0.15) is 0 Å². The molecule has 4 aliphatic rings. The average Bonchev–Trinajstić information content (AvgIpc) is 2.83. The maximum atomic E-state index is 9.24. The summed E-state index contributed by atoms with van der Waals surface area (Å²) < 4.78 is 0. The van der Waals surface area contributed by atoms with E-state index in [-0.39, 0.29) is 5.54 Å². The fourth-order valence-corrected chi connectivity index (χ4v) is 2.81. The van der Waals surface area contributed by atoms with E-state index in [2.05, 4.69) is 17.1 Å². The molecule has 4 rings (SSSR count). The van der Waals surface area contributed by atoms with Crippen LogP contribution in [0.4, 0.5) is 0 Å². The summed E-state index contributed by atoms with van der Waals surface area (Å²) in [5, 5.41) is 9.24. The molecule has 1 unspecified atom stereocenters. The van der Waals surface area contributed by atoms with Crippen molar-refractivity contribution in [2.45, 2.75) is 24.4 Å². The summed E-state index contributed by atoms with van der Waals surface area (Å²) in [4.78, 5) is 2.45. The SMILES string of the molecule is OC[C@@]12CN1[C@@H]1C=C[C@H]2CC1. The Hall–Kier alpha value is -0.340. The lowest BCUT2D eigenvalue weighted by Crippen LogP contribution is -2.43. The fraction of sp³-hybridized carbons (Fsp3) is 0.778. The molecule has 3 heterocycles. The second-order valence-electron chi connectivity index (χ2n) is 4.03. The maximum Gasteiger partial charge on any atom is 0.0636 e. The van der Waals surface area contributed by atoms with E-state index in [9.17, 15) is 5.11 Å². The third kappa shape index (κ3) is 0.565. The number of nitrogens with zero attached hydrogens (tertiary/aromatic N) is 1. The maximum absolute atomic E-state index is 9.24. The van der Waals surface area contributed by atoms with E-state index in [0.29, 0.717) is 18.6 Å². The van der Waals surface area contributed by atoms with E-state index < -0.39 is 0 Å². The topological polar surface area (TPSA) is 23.2 Å². The molecule has 2 saturated heterocycles. The van der Waals surface area contributed by atoms with Crippen LogP contribution in [0.25, 0.3) is 0 Å². The van der Waals surface area contributed by atoms with E-state index >= 15 is 0 Å². The molecule has 2 nitrogen and oxygen atoms in total. The van der Waals surface area contributed by atoms with Crippen LogP contribution in [0.1, 0.15) is 12.8 Å². The first kappa shape index (κ1) is 6.21. The summed E-state index contributed by atoms with van der Waals surface area (Å²) in [6, 6.07) is 0.659. The van der Waals surface area contributed by atoms with Crippen LogP contribution in [-0.2, 0) is 0 Å². The highest BCUT2D eigenvalue weighted by atomic mass is 16.3. The van der Waals surface area contributed by atoms with Crippen molar-refractivity contribution >= 4 is 0 Å². The lowest BCUT2D eigenvalue weighted by atomic mass is 9.79. The van der Waals surface area contributed by atoms with E-state index in [1.54, 1.807) is 0 Å². The van der Waals surface area contributed by atoms with Crippen LogP contribution in [0.2, 0.25) is 0 Å². The van der Waals surface area contributed by atoms with Crippen molar-refractivity contribution in [2.75, 3.05) is 13.2 Å². The second-order valence-corrected chi connectivity index (χ2v) is 4.03. The van der Waals surface area contributed by atoms with Gasteiger partial charge in [0.15, 0.2) is 0 Å². The Kier molecular flexibility index (Phi) is 0.958. The Morgan fingerprint density at radius 2 is 2.36 bits per heavy atom. The van der Waals surface area contributed by atoms with Gasteiger partial charge >= 0.3 is 0 Å². The standard InChI is InChI=1S/C9H13NO/c11-6-9-5-10(9)8-3-1-7(9)2-4-8/h1,3,7-8,11H,2,4-6H2/t7-,8+,9+,10?/m0/s1. The van der Waals surface area contributed by atoms with Crippen LogP contribution in [0.15, 0.2) is 12.2 Å². The number of aliphatic hydroxyl groups excluding tert-OH is 1. The van der Waals surface area contributed by atoms with Crippen molar-refractivity contribution in [1.82, 2.24) is 4.90 Å². The van der Waals surface area contributed by atoms with Crippen molar-refractivity contribution in [2.24, 2.45) is 5.92 Å². The minimum atomic E-state index is 0.206. The average molecular weight is 151 g/mol. The van der Waals surface area contributed by atoms with Gasteiger partial charge in [-0.25, -0.2) is 0 Å². The molecule has 60 valence electrons. The first-order chi connectivity index (χ1) is 5.37. The zero-order valence-corrected chi connectivity index (χ0v) is 6.53. The molecule has 0 aromatic rings. The van der Waals surface area contributed by atoms with Crippen LogP contribution >= 0.6 is 0 Å². The lowest BCUT2D eigenvalue weighted by molar-refractivity contribution is 0.126. The van der Waals surface area contributed by atoms with Crippen LogP contribution in [0.5, 0.6) is 0 Å². The van der Waals surface area contributed by atoms with E-state index in [1.165, 1.54) is 12.8 Å². The normalized spacial score (nSPS) is 57.7. The molecule has 0 aromatic carbocycles. The van der Waals surface area contributed by atoms with E-state index in [1.807, 2.05) is 0 Å². The first-order valence-electron chi connectivity index (χ1n) is 4.43. The van der Waals surface area contributed by atoms with Gasteiger partial charge in [-0.1, -0.05) is 12.2 Å². The Balaban J connectivity index is 2.00. The molecule has 2 heteroatoms. The molecule has 11 heavy (non-hydrogen) atoms. The molecule has 0 spiro atoms. The molecule has 1 aliphatic carbocycles. The molecule has 0 amide bonds. The van der Waals surface area contributed by atoms with E-state index in [4.69, 9.17) is 0 Å². The predicted octanol–water partition coefficient (Wildman–Crippen LogP) is 0.381. The predicted molar refractivity (Wildman–Crippen MR) is 42.2 cm³/mol. The molecule has 0 saturated carbocycles. The van der Waals surface area contributed by atoms with Crippen LogP contribution in [0, 0.1) is 5.92 Å². The molecular formula is C9H13NO. The van der Waals surface area contributed by atoms with Crippen molar-refractivity contribution < 1.29 is 5.11 Å². The molecule has 2 bridgehead atoms. The molecule has 1 N–H and O–H groups in total. The first-order valence-corrected chi connectivity index (χ1v) is 4.43. The highest BCUT2D eigenvalue weighted by molar-refractivity contribution is 5.28. The smallest absolute Gasteiger partial charge is 0.0636 e. The number of aliphatic hydroxyl groups is 1. The van der Waals surface area contributed by atoms with Crippen LogP contribution in [0.3, 0.4) is 0 Å². The van der Waals surface area contributed by atoms with Crippen molar-refractivity contribution in [3.05, 3.63) is 12.2 Å². The quantitative estimate of drug-likeness (QED) is 0.432. The van der Waals surface area contributed by atoms with Gasteiger partial charge in [-0.3, -0.25) is 4.90 Å². The largest absolute Gasteiger partial charge is 0.394 e. The summed E-state index contributed by atoms with van der Waals surface area (Å²) in [5.41, 5.74) is 0.206. The second kappa shape index (κ2) is 1.70. The zero-order valence-electron chi connectivity index (χ0n) is 6.53. The molecule has 0 aromatic heterocycles. The third-order valence-electron chi connectivity index (χ3n) is 3.62. The summed E-state index contributed by atoms with van der Waals surface area (Å²) in [7, 11) is 0. The summed E-state index contributed by atoms with van der Waals surface area (Å²) in [6.07, 6.45) is 7.23. The highest BCUT2D eigenvalue weighted by Crippen LogP contribution is 2.51. The van der Waals surface area contributed by atoms with Gasteiger partial charge in [0.25, 0.3) is 0 Å². The number of hydrogen-bond acceptors (Lipinski definition) is 2. The molecule has 4 atom stereocenters. The Morgan fingerprint density at radius 1 is 1.45 bits per heavy atom. The highest BCUT2D eigenvalue weighted by Gasteiger charge is 2.62. The molecule has 3 aliphatic heterocycles. The number of rotatable bonds is 1. The van der Waals surface area contributed by atoms with Gasteiger partial charge in [0.2, 0.25) is 0 Å². The van der Waals surface area contributed by atoms with Gasteiger partial charge in [0.05, 0.1) is 12.1 Å². The third-order valence-corrected chi connectivity index (χ3v) is 3.62. The van der Waals surface area contributed by atoms with Gasteiger partial charge in [-0.15, -0.1) is 0 Å². The number of hydrogen-bond donors (Lipinski definition) is 1. The molecule has 0 radical (unpaired) electrons. The zero-order chi connectivity index (χ0) is 7.47. The Bertz CT molecular complexity index is 226. The van der Waals surface area contributed by atoms with Gasteiger partial charge < -0.3 is 5.11 Å². The van der Waals surface area contributed by atoms with Crippen LogP contribution < -0.4 is 0 Å². The van der Waals surface area contributed by atoms with Gasteiger partial charge in [-0.05, 0) is 18.8 Å². The number of piperidine rings is 1. The lowest BCUT2D eigenvalue weighted by Gasteiger charge is -2.37. The fourth-order valence-electron chi connectivity index (χ4n) is 2.81. The van der Waals surface area contributed by atoms with E-state index in [0.717, 1.165) is 6.54 Å². The minimum Gasteiger partial charge on any atom is -0.394 e.